The molecule has 0 amide bonds. The van der Waals surface area contributed by atoms with Crippen LogP contribution in [0.25, 0.3) is 0 Å². The van der Waals surface area contributed by atoms with Crippen LogP contribution >= 0.6 is 22.6 Å². The van der Waals surface area contributed by atoms with Gasteiger partial charge in [-0.2, -0.15) is 0 Å². The Hall–Kier alpha value is -0.670. The van der Waals surface area contributed by atoms with Crippen LogP contribution in [0.5, 0.6) is 0 Å². The van der Waals surface area contributed by atoms with E-state index in [1.54, 1.807) is 26.0 Å². The van der Waals surface area contributed by atoms with Crippen molar-refractivity contribution >= 4 is 34.5 Å². The summed E-state index contributed by atoms with van der Waals surface area (Å²) in [6, 6.07) is 0. The molecule has 1 fully saturated rings. The first-order valence-electron chi connectivity index (χ1n) is 6.64. The Morgan fingerprint density at radius 2 is 1.95 bits per heavy atom. The standard InChI is InChI=1S/C14H21IO6/c1-9(16)18-7-5-6-11-13(21-14(3,4)20-11)12(8-15)19-10(2)17/h5-6,11-13H,7-8H2,1-4H3/b6-5+/t11-,12+,13-/m0/s1. The number of rotatable bonds is 6. The Balaban J connectivity index is 2.73. The first-order chi connectivity index (χ1) is 9.75. The zero-order valence-corrected chi connectivity index (χ0v) is 14.8. The summed E-state index contributed by atoms with van der Waals surface area (Å²) in [4.78, 5) is 21.9. The number of esters is 2. The van der Waals surface area contributed by atoms with Crippen molar-refractivity contribution in [3.05, 3.63) is 12.2 Å². The van der Waals surface area contributed by atoms with E-state index in [0.29, 0.717) is 4.43 Å². The van der Waals surface area contributed by atoms with Crippen molar-refractivity contribution in [1.82, 2.24) is 0 Å². The number of ether oxygens (including phenoxy) is 4. The van der Waals surface area contributed by atoms with Crippen molar-refractivity contribution in [2.45, 2.75) is 51.8 Å². The van der Waals surface area contributed by atoms with Gasteiger partial charge in [0, 0.05) is 18.3 Å². The smallest absolute Gasteiger partial charge is 0.303 e. The fourth-order valence-corrected chi connectivity index (χ4v) is 2.69. The third-order valence-electron chi connectivity index (χ3n) is 2.71. The molecule has 120 valence electrons. The second-order valence-electron chi connectivity index (χ2n) is 5.10. The van der Waals surface area contributed by atoms with Gasteiger partial charge in [0.05, 0.1) is 0 Å². The Bertz CT molecular complexity index is 406. The maximum atomic E-state index is 11.2. The molecule has 0 aromatic rings. The predicted molar refractivity (Wildman–Crippen MR) is 84.0 cm³/mol. The van der Waals surface area contributed by atoms with Crippen LogP contribution in [0.4, 0.5) is 0 Å². The van der Waals surface area contributed by atoms with Crippen LogP contribution in [0.3, 0.4) is 0 Å². The molecule has 1 saturated heterocycles. The van der Waals surface area contributed by atoms with E-state index in [4.69, 9.17) is 18.9 Å². The first-order valence-corrected chi connectivity index (χ1v) is 8.16. The summed E-state index contributed by atoms with van der Waals surface area (Å²) in [5, 5.41) is 0. The maximum absolute atomic E-state index is 11.2. The zero-order valence-electron chi connectivity index (χ0n) is 12.6. The predicted octanol–water partition coefficient (Wildman–Crippen LogP) is 1.99. The van der Waals surface area contributed by atoms with E-state index < -0.39 is 18.0 Å². The third kappa shape index (κ3) is 6.31. The largest absolute Gasteiger partial charge is 0.462 e. The van der Waals surface area contributed by atoms with E-state index in [0.717, 1.165) is 0 Å². The SMILES string of the molecule is CC(=O)OC/C=C/[C@@H]1OC(C)(C)O[C@@H]1[C@@H](CI)OC(C)=O. The summed E-state index contributed by atoms with van der Waals surface area (Å²) >= 11 is 2.14. The molecule has 21 heavy (non-hydrogen) atoms. The summed E-state index contributed by atoms with van der Waals surface area (Å²) in [5.74, 6) is -1.46. The minimum Gasteiger partial charge on any atom is -0.462 e. The average molecular weight is 412 g/mol. The monoisotopic (exact) mass is 412 g/mol. The molecular weight excluding hydrogens is 391 g/mol. The van der Waals surface area contributed by atoms with Crippen LogP contribution in [0.1, 0.15) is 27.7 Å². The Morgan fingerprint density at radius 3 is 2.48 bits per heavy atom. The molecule has 1 heterocycles. The summed E-state index contributed by atoms with van der Waals surface area (Å²) < 4.78 is 22.3. The highest BCUT2D eigenvalue weighted by Gasteiger charge is 2.44. The molecule has 1 aliphatic rings. The van der Waals surface area contributed by atoms with Crippen LogP contribution in [0, 0.1) is 0 Å². The molecule has 0 saturated carbocycles. The minimum atomic E-state index is -0.759. The summed E-state index contributed by atoms with van der Waals surface area (Å²) in [7, 11) is 0. The molecule has 0 aromatic carbocycles. The molecule has 0 bridgehead atoms. The van der Waals surface area contributed by atoms with Crippen LogP contribution < -0.4 is 0 Å². The van der Waals surface area contributed by atoms with Crippen molar-refractivity contribution in [2.75, 3.05) is 11.0 Å². The quantitative estimate of drug-likeness (QED) is 0.288. The lowest BCUT2D eigenvalue weighted by Crippen LogP contribution is -2.39. The van der Waals surface area contributed by atoms with Gasteiger partial charge >= 0.3 is 11.9 Å². The maximum Gasteiger partial charge on any atom is 0.303 e. The van der Waals surface area contributed by atoms with Crippen molar-refractivity contribution in [3.63, 3.8) is 0 Å². The lowest BCUT2D eigenvalue weighted by molar-refractivity contribution is -0.166. The summed E-state index contributed by atoms with van der Waals surface area (Å²) in [5.41, 5.74) is 0. The van der Waals surface area contributed by atoms with Crippen LogP contribution in [0.2, 0.25) is 0 Å². The second-order valence-corrected chi connectivity index (χ2v) is 5.98. The molecule has 0 spiro atoms. The fourth-order valence-electron chi connectivity index (χ4n) is 2.01. The van der Waals surface area contributed by atoms with Gasteiger partial charge < -0.3 is 18.9 Å². The van der Waals surface area contributed by atoms with E-state index in [2.05, 4.69) is 22.6 Å². The Kier molecular flexibility index (Phi) is 7.08. The highest BCUT2D eigenvalue weighted by atomic mass is 127. The fraction of sp³-hybridized carbons (Fsp3) is 0.714. The molecule has 6 nitrogen and oxygen atoms in total. The van der Waals surface area contributed by atoms with Crippen molar-refractivity contribution < 1.29 is 28.5 Å². The molecule has 7 heteroatoms. The number of alkyl halides is 1. The first kappa shape index (κ1) is 18.4. The molecule has 0 radical (unpaired) electrons. The van der Waals surface area contributed by atoms with Gasteiger partial charge in [0.25, 0.3) is 0 Å². The van der Waals surface area contributed by atoms with Gasteiger partial charge in [-0.1, -0.05) is 28.7 Å². The van der Waals surface area contributed by atoms with Gasteiger partial charge in [-0.25, -0.2) is 0 Å². The molecule has 3 atom stereocenters. The van der Waals surface area contributed by atoms with E-state index >= 15 is 0 Å². The lowest BCUT2D eigenvalue weighted by Gasteiger charge is -2.23. The number of hydrogen-bond acceptors (Lipinski definition) is 6. The molecule has 1 rings (SSSR count). The van der Waals surface area contributed by atoms with E-state index in [-0.39, 0.29) is 24.6 Å². The Morgan fingerprint density at radius 1 is 1.29 bits per heavy atom. The molecule has 0 unspecified atom stereocenters. The zero-order chi connectivity index (χ0) is 16.0. The molecule has 0 aliphatic carbocycles. The number of carbonyl (C=O) groups is 2. The van der Waals surface area contributed by atoms with Gasteiger partial charge in [-0.3, -0.25) is 9.59 Å². The lowest BCUT2D eigenvalue weighted by atomic mass is 10.1. The minimum absolute atomic E-state index is 0.171. The van der Waals surface area contributed by atoms with E-state index in [1.165, 1.54) is 13.8 Å². The third-order valence-corrected chi connectivity index (χ3v) is 3.58. The van der Waals surface area contributed by atoms with Gasteiger partial charge in [0.2, 0.25) is 0 Å². The van der Waals surface area contributed by atoms with Crippen molar-refractivity contribution in [2.24, 2.45) is 0 Å². The van der Waals surface area contributed by atoms with Crippen molar-refractivity contribution in [3.8, 4) is 0 Å². The van der Waals surface area contributed by atoms with Crippen LogP contribution in [-0.4, -0.2) is 47.1 Å². The van der Waals surface area contributed by atoms with E-state index in [9.17, 15) is 9.59 Å². The number of carbonyl (C=O) groups excluding carboxylic acids is 2. The normalized spacial score (nSPS) is 25.8. The summed E-state index contributed by atoms with van der Waals surface area (Å²) in [6.45, 7) is 6.49. The average Bonchev–Trinajstić information content (AvgIpc) is 2.66. The molecular formula is C14H21IO6. The van der Waals surface area contributed by atoms with Gasteiger partial charge in [0.1, 0.15) is 24.9 Å². The number of hydrogen-bond donors (Lipinski definition) is 0. The topological polar surface area (TPSA) is 71.1 Å². The molecule has 0 aromatic heterocycles. The molecule has 1 aliphatic heterocycles. The van der Waals surface area contributed by atoms with Gasteiger partial charge in [-0.15, -0.1) is 0 Å². The van der Waals surface area contributed by atoms with E-state index in [1.807, 2.05) is 0 Å². The summed E-state index contributed by atoms with van der Waals surface area (Å²) in [6.07, 6.45) is 2.31. The Labute approximate surface area is 138 Å². The number of halogens is 1. The van der Waals surface area contributed by atoms with Gasteiger partial charge in [-0.05, 0) is 19.9 Å². The highest BCUT2D eigenvalue weighted by Crippen LogP contribution is 2.32. The second kappa shape index (κ2) is 8.09. The van der Waals surface area contributed by atoms with Crippen LogP contribution in [-0.2, 0) is 28.5 Å². The van der Waals surface area contributed by atoms with Crippen LogP contribution in [0.15, 0.2) is 12.2 Å². The van der Waals surface area contributed by atoms with Gasteiger partial charge in [0.15, 0.2) is 5.79 Å². The highest BCUT2D eigenvalue weighted by molar-refractivity contribution is 14.1. The molecule has 0 N–H and O–H groups in total. The van der Waals surface area contributed by atoms with Crippen molar-refractivity contribution in [1.29, 1.82) is 0 Å².